The van der Waals surface area contributed by atoms with Crippen LogP contribution in [0.4, 0.5) is 0 Å². The zero-order valence-corrected chi connectivity index (χ0v) is 21.4. The van der Waals surface area contributed by atoms with Crippen LogP contribution < -0.4 is 19.5 Å². The van der Waals surface area contributed by atoms with E-state index >= 15 is 0 Å². The van der Waals surface area contributed by atoms with Gasteiger partial charge in [0.1, 0.15) is 5.75 Å². The molecule has 0 bridgehead atoms. The predicted molar refractivity (Wildman–Crippen MR) is 130 cm³/mol. The fourth-order valence-corrected chi connectivity index (χ4v) is 5.75. The summed E-state index contributed by atoms with van der Waals surface area (Å²) in [6, 6.07) is 9.74. The number of hydrogen-bond donors (Lipinski definition) is 1. The molecule has 1 amide bonds. The molecule has 2 aromatic carbocycles. The van der Waals surface area contributed by atoms with Crippen LogP contribution >= 0.6 is 11.6 Å². The average Bonchev–Trinajstić information content (AvgIpc) is 2.84. The third kappa shape index (κ3) is 5.76. The number of carbonyl (C=O) groups is 1. The Bertz CT molecular complexity index is 1120. The zero-order chi connectivity index (χ0) is 24.9. The molecule has 34 heavy (non-hydrogen) atoms. The standard InChI is InChI=1S/C24H31ClN2O6S/c1-5-33-21-9-7-19(15-20(21)25)34(29,30)27-12-10-17(11-13-27)24(28)26-16(2)18-6-8-22(31-3)23(14-18)32-4/h6-9,14-17H,5,10-13H2,1-4H3,(H,26,28)/t16-/m0/s1. The van der Waals surface area contributed by atoms with Crippen molar-refractivity contribution in [3.63, 3.8) is 0 Å². The SMILES string of the molecule is CCOc1ccc(S(=O)(=O)N2CCC(C(=O)N[C@@H](C)c3ccc(OC)c(OC)c3)CC2)cc1Cl. The summed E-state index contributed by atoms with van der Waals surface area (Å²) in [7, 11) is -0.577. The largest absolute Gasteiger partial charge is 0.493 e. The van der Waals surface area contributed by atoms with Crippen LogP contribution in [0.1, 0.15) is 38.3 Å². The highest BCUT2D eigenvalue weighted by Gasteiger charge is 2.33. The van der Waals surface area contributed by atoms with Gasteiger partial charge in [-0.25, -0.2) is 8.42 Å². The van der Waals surface area contributed by atoms with Crippen molar-refractivity contribution in [1.29, 1.82) is 0 Å². The fourth-order valence-electron chi connectivity index (χ4n) is 3.96. The van der Waals surface area contributed by atoms with Crippen molar-refractivity contribution in [3.05, 3.63) is 47.0 Å². The Kier molecular flexibility index (Phi) is 8.67. The smallest absolute Gasteiger partial charge is 0.243 e. The van der Waals surface area contributed by atoms with E-state index in [1.165, 1.54) is 16.4 Å². The molecule has 1 aliphatic heterocycles. The second-order valence-electron chi connectivity index (χ2n) is 8.05. The molecule has 0 aliphatic carbocycles. The Hall–Kier alpha value is -2.49. The lowest BCUT2D eigenvalue weighted by molar-refractivity contribution is -0.126. The first-order chi connectivity index (χ1) is 16.2. The van der Waals surface area contributed by atoms with Gasteiger partial charge >= 0.3 is 0 Å². The fraction of sp³-hybridized carbons (Fsp3) is 0.458. The molecule has 1 saturated heterocycles. The molecule has 1 heterocycles. The Labute approximate surface area is 206 Å². The van der Waals surface area contributed by atoms with E-state index in [9.17, 15) is 13.2 Å². The molecule has 186 valence electrons. The summed E-state index contributed by atoms with van der Waals surface area (Å²) in [5.74, 6) is 1.30. The van der Waals surface area contributed by atoms with E-state index in [1.807, 2.05) is 26.0 Å². The van der Waals surface area contributed by atoms with Gasteiger partial charge < -0.3 is 19.5 Å². The number of rotatable bonds is 9. The Morgan fingerprint density at radius 3 is 2.32 bits per heavy atom. The number of halogens is 1. The highest BCUT2D eigenvalue weighted by molar-refractivity contribution is 7.89. The van der Waals surface area contributed by atoms with Gasteiger partial charge in [0.25, 0.3) is 0 Å². The Morgan fingerprint density at radius 1 is 1.09 bits per heavy atom. The third-order valence-corrected chi connectivity index (χ3v) is 8.12. The van der Waals surface area contributed by atoms with Gasteiger partial charge in [0.05, 0.1) is 36.8 Å². The first-order valence-electron chi connectivity index (χ1n) is 11.2. The molecule has 8 nitrogen and oxygen atoms in total. The molecular weight excluding hydrogens is 480 g/mol. The first-order valence-corrected chi connectivity index (χ1v) is 13.0. The third-order valence-electron chi connectivity index (χ3n) is 5.93. The van der Waals surface area contributed by atoms with Crippen LogP contribution in [0.3, 0.4) is 0 Å². The highest BCUT2D eigenvalue weighted by Crippen LogP contribution is 2.32. The number of methoxy groups -OCH3 is 2. The summed E-state index contributed by atoms with van der Waals surface area (Å²) in [6.45, 7) is 4.68. The van der Waals surface area contributed by atoms with Gasteiger partial charge in [-0.3, -0.25) is 4.79 Å². The molecule has 10 heteroatoms. The van der Waals surface area contributed by atoms with Crippen molar-refractivity contribution in [3.8, 4) is 17.2 Å². The minimum atomic E-state index is -3.71. The summed E-state index contributed by atoms with van der Waals surface area (Å²) >= 11 is 6.18. The minimum absolute atomic E-state index is 0.0940. The van der Waals surface area contributed by atoms with Crippen LogP contribution in [-0.4, -0.2) is 52.5 Å². The molecule has 0 radical (unpaired) electrons. The van der Waals surface area contributed by atoms with Gasteiger partial charge in [-0.05, 0) is 62.6 Å². The molecule has 1 aliphatic rings. The summed E-state index contributed by atoms with van der Waals surface area (Å²) in [4.78, 5) is 13.0. The quantitative estimate of drug-likeness (QED) is 0.547. The van der Waals surface area contributed by atoms with Crippen LogP contribution in [0.25, 0.3) is 0 Å². The maximum Gasteiger partial charge on any atom is 0.243 e. The molecule has 0 saturated carbocycles. The number of carbonyl (C=O) groups excluding carboxylic acids is 1. The first kappa shape index (κ1) is 26.1. The predicted octanol–water partition coefficient (Wildman–Crippen LogP) is 4.03. The molecule has 1 fully saturated rings. The maximum absolute atomic E-state index is 13.1. The number of nitrogens with zero attached hydrogens (tertiary/aromatic N) is 1. The van der Waals surface area contributed by atoms with Gasteiger partial charge in [0.15, 0.2) is 11.5 Å². The highest BCUT2D eigenvalue weighted by atomic mass is 35.5. The molecule has 0 aromatic heterocycles. The number of amides is 1. The average molecular weight is 511 g/mol. The second kappa shape index (κ2) is 11.3. The maximum atomic E-state index is 13.1. The molecule has 1 N–H and O–H groups in total. The molecule has 3 rings (SSSR count). The molecule has 0 unspecified atom stereocenters. The van der Waals surface area contributed by atoms with Gasteiger partial charge in [0.2, 0.25) is 15.9 Å². The molecule has 2 aromatic rings. The van der Waals surface area contributed by atoms with E-state index in [0.717, 1.165) is 5.56 Å². The number of piperidine rings is 1. The van der Waals surface area contributed by atoms with Crippen molar-refractivity contribution >= 4 is 27.5 Å². The number of ether oxygens (including phenoxy) is 3. The Balaban J connectivity index is 1.60. The molecule has 1 atom stereocenters. The van der Waals surface area contributed by atoms with Crippen LogP contribution in [-0.2, 0) is 14.8 Å². The number of nitrogens with one attached hydrogen (secondary N) is 1. The van der Waals surface area contributed by atoms with E-state index in [0.29, 0.717) is 36.7 Å². The lowest BCUT2D eigenvalue weighted by Gasteiger charge is -2.31. The van der Waals surface area contributed by atoms with E-state index in [-0.39, 0.29) is 40.9 Å². The lowest BCUT2D eigenvalue weighted by Crippen LogP contribution is -2.43. The number of benzene rings is 2. The zero-order valence-electron chi connectivity index (χ0n) is 19.8. The van der Waals surface area contributed by atoms with Gasteiger partial charge in [0, 0.05) is 19.0 Å². The summed E-state index contributed by atoms with van der Waals surface area (Å²) < 4.78 is 43.5. The van der Waals surface area contributed by atoms with E-state index in [2.05, 4.69) is 5.32 Å². The van der Waals surface area contributed by atoms with Crippen molar-refractivity contribution in [2.45, 2.75) is 37.6 Å². The summed E-state index contributed by atoms with van der Waals surface area (Å²) in [5, 5.41) is 3.28. The number of hydrogen-bond acceptors (Lipinski definition) is 6. The van der Waals surface area contributed by atoms with E-state index < -0.39 is 10.0 Å². The van der Waals surface area contributed by atoms with Gasteiger partial charge in [-0.2, -0.15) is 4.31 Å². The van der Waals surface area contributed by atoms with Crippen molar-refractivity contribution in [2.75, 3.05) is 33.9 Å². The molecule has 0 spiro atoms. The van der Waals surface area contributed by atoms with Crippen LogP contribution in [0.5, 0.6) is 17.2 Å². The minimum Gasteiger partial charge on any atom is -0.493 e. The Morgan fingerprint density at radius 2 is 1.74 bits per heavy atom. The van der Waals surface area contributed by atoms with Crippen LogP contribution in [0.2, 0.25) is 5.02 Å². The van der Waals surface area contributed by atoms with Crippen LogP contribution in [0, 0.1) is 5.92 Å². The topological polar surface area (TPSA) is 94.2 Å². The van der Waals surface area contributed by atoms with E-state index in [4.69, 9.17) is 25.8 Å². The van der Waals surface area contributed by atoms with E-state index in [1.54, 1.807) is 26.4 Å². The van der Waals surface area contributed by atoms with Crippen molar-refractivity contribution < 1.29 is 27.4 Å². The van der Waals surface area contributed by atoms with Crippen molar-refractivity contribution in [1.82, 2.24) is 9.62 Å². The van der Waals surface area contributed by atoms with Gasteiger partial charge in [-0.15, -0.1) is 0 Å². The van der Waals surface area contributed by atoms with Crippen molar-refractivity contribution in [2.24, 2.45) is 5.92 Å². The normalized spacial score (nSPS) is 16.0. The van der Waals surface area contributed by atoms with Gasteiger partial charge in [-0.1, -0.05) is 17.7 Å². The number of sulfonamides is 1. The monoisotopic (exact) mass is 510 g/mol. The van der Waals surface area contributed by atoms with Crippen LogP contribution in [0.15, 0.2) is 41.3 Å². The summed E-state index contributed by atoms with van der Waals surface area (Å²) in [5.41, 5.74) is 0.887. The lowest BCUT2D eigenvalue weighted by atomic mass is 9.96. The summed E-state index contributed by atoms with van der Waals surface area (Å²) in [6.07, 6.45) is 0.878. The molecular formula is C24H31ClN2O6S. The second-order valence-corrected chi connectivity index (χ2v) is 10.4.